The van der Waals surface area contributed by atoms with Crippen LogP contribution in [0, 0.1) is 5.82 Å². The number of hydrogen-bond acceptors (Lipinski definition) is 4. The number of rotatable bonds is 8. The summed E-state index contributed by atoms with van der Waals surface area (Å²) in [6.45, 7) is 4.59. The van der Waals surface area contributed by atoms with Crippen molar-refractivity contribution in [2.45, 2.75) is 24.1 Å². The number of halogens is 2. The molecule has 0 atom stereocenters. The second kappa shape index (κ2) is 9.32. The van der Waals surface area contributed by atoms with Crippen LogP contribution >= 0.6 is 23.4 Å². The van der Waals surface area contributed by atoms with Crippen molar-refractivity contribution in [1.82, 2.24) is 14.8 Å². The van der Waals surface area contributed by atoms with Gasteiger partial charge in [-0.3, -0.25) is 4.57 Å². The van der Waals surface area contributed by atoms with E-state index in [0.29, 0.717) is 18.1 Å². The second-order valence-corrected chi connectivity index (χ2v) is 7.94. The summed E-state index contributed by atoms with van der Waals surface area (Å²) in [6.07, 6.45) is 1.80. The van der Waals surface area contributed by atoms with Crippen LogP contribution in [0.5, 0.6) is 5.75 Å². The number of benzene rings is 3. The first-order valence-electron chi connectivity index (χ1n) is 9.36. The molecule has 0 bridgehead atoms. The summed E-state index contributed by atoms with van der Waals surface area (Å²) in [4.78, 5) is 0. The Morgan fingerprint density at radius 1 is 1.10 bits per heavy atom. The lowest BCUT2D eigenvalue weighted by molar-refractivity contribution is 0.288. The first kappa shape index (κ1) is 20.4. The lowest BCUT2D eigenvalue weighted by atomic mass is 10.1. The number of ether oxygens (including phenoxy) is 1. The third-order valence-corrected chi connectivity index (χ3v) is 5.91. The van der Waals surface area contributed by atoms with E-state index in [1.54, 1.807) is 17.8 Å². The minimum atomic E-state index is -0.481. The van der Waals surface area contributed by atoms with Crippen molar-refractivity contribution in [3.8, 4) is 5.75 Å². The predicted octanol–water partition coefficient (Wildman–Crippen LogP) is 6.28. The van der Waals surface area contributed by atoms with Crippen molar-refractivity contribution < 1.29 is 9.13 Å². The molecule has 1 aromatic heterocycles. The molecule has 0 unspecified atom stereocenters. The Kier molecular flexibility index (Phi) is 6.35. The Morgan fingerprint density at radius 2 is 1.93 bits per heavy atom. The summed E-state index contributed by atoms with van der Waals surface area (Å²) in [6, 6.07) is 18.9. The number of hydrogen-bond donors (Lipinski definition) is 0. The third-order valence-electron chi connectivity index (χ3n) is 4.60. The zero-order valence-electron chi connectivity index (χ0n) is 16.1. The Labute approximate surface area is 183 Å². The van der Waals surface area contributed by atoms with Gasteiger partial charge in [0.2, 0.25) is 0 Å². The van der Waals surface area contributed by atoms with Crippen molar-refractivity contribution in [3.05, 3.63) is 95.5 Å². The molecule has 0 amide bonds. The van der Waals surface area contributed by atoms with Crippen LogP contribution in [0.4, 0.5) is 4.39 Å². The van der Waals surface area contributed by atoms with Gasteiger partial charge in [0, 0.05) is 18.4 Å². The quantitative estimate of drug-likeness (QED) is 0.239. The average molecular weight is 440 g/mol. The van der Waals surface area contributed by atoms with Crippen LogP contribution < -0.4 is 4.74 Å². The molecule has 7 heteroatoms. The highest BCUT2D eigenvalue weighted by atomic mass is 35.5. The number of allylic oxidation sites excluding steroid dienone is 1. The molecular weight excluding hydrogens is 421 g/mol. The van der Waals surface area contributed by atoms with Gasteiger partial charge in [-0.05, 0) is 28.5 Å². The van der Waals surface area contributed by atoms with E-state index in [1.807, 2.05) is 16.7 Å². The minimum Gasteiger partial charge on any atom is -0.486 e. The largest absolute Gasteiger partial charge is 0.486 e. The maximum atomic E-state index is 13.3. The summed E-state index contributed by atoms with van der Waals surface area (Å²) < 4.78 is 21.0. The zero-order chi connectivity index (χ0) is 20.9. The van der Waals surface area contributed by atoms with Crippen LogP contribution in [0.25, 0.3) is 10.8 Å². The molecule has 0 spiro atoms. The zero-order valence-corrected chi connectivity index (χ0v) is 17.7. The molecule has 4 rings (SSSR count). The highest BCUT2D eigenvalue weighted by molar-refractivity contribution is 7.98. The van der Waals surface area contributed by atoms with Gasteiger partial charge in [-0.15, -0.1) is 16.8 Å². The molecule has 0 aliphatic heterocycles. The molecule has 0 saturated carbocycles. The van der Waals surface area contributed by atoms with Crippen molar-refractivity contribution >= 4 is 34.1 Å². The second-order valence-electron chi connectivity index (χ2n) is 6.59. The van der Waals surface area contributed by atoms with Crippen molar-refractivity contribution in [2.24, 2.45) is 0 Å². The molecule has 152 valence electrons. The van der Waals surface area contributed by atoms with Crippen LogP contribution in [-0.2, 0) is 18.9 Å². The Hall–Kier alpha value is -2.83. The van der Waals surface area contributed by atoms with Crippen molar-refractivity contribution in [2.75, 3.05) is 0 Å². The maximum absolute atomic E-state index is 13.3. The lowest BCUT2D eigenvalue weighted by Crippen LogP contribution is -2.07. The fraction of sp³-hybridized carbons (Fsp3) is 0.130. The third kappa shape index (κ3) is 4.50. The summed E-state index contributed by atoms with van der Waals surface area (Å²) in [7, 11) is 0. The Morgan fingerprint density at radius 3 is 2.77 bits per heavy atom. The van der Waals surface area contributed by atoms with E-state index in [0.717, 1.165) is 10.9 Å². The molecule has 0 radical (unpaired) electrons. The number of thioether (sulfide) groups is 1. The van der Waals surface area contributed by atoms with Crippen LogP contribution in [0.3, 0.4) is 0 Å². The van der Waals surface area contributed by atoms with Crippen LogP contribution in [0.15, 0.2) is 78.5 Å². The average Bonchev–Trinajstić information content (AvgIpc) is 3.15. The van der Waals surface area contributed by atoms with Crippen LogP contribution in [0.2, 0.25) is 5.02 Å². The summed E-state index contributed by atoms with van der Waals surface area (Å²) >= 11 is 7.43. The molecule has 4 aromatic rings. The van der Waals surface area contributed by atoms with Crippen molar-refractivity contribution in [3.63, 3.8) is 0 Å². The first-order chi connectivity index (χ1) is 14.7. The molecular formula is C23H19ClFN3OS. The van der Waals surface area contributed by atoms with E-state index in [9.17, 15) is 4.39 Å². The fourth-order valence-electron chi connectivity index (χ4n) is 3.12. The van der Waals surface area contributed by atoms with Gasteiger partial charge in [-0.2, -0.15) is 0 Å². The molecule has 0 aliphatic carbocycles. The van der Waals surface area contributed by atoms with Gasteiger partial charge in [0.05, 0.1) is 5.02 Å². The first-order valence-corrected chi connectivity index (χ1v) is 10.7. The fourth-order valence-corrected chi connectivity index (χ4v) is 4.26. The van der Waals surface area contributed by atoms with Crippen LogP contribution in [0.1, 0.15) is 11.4 Å². The van der Waals surface area contributed by atoms with E-state index < -0.39 is 5.82 Å². The molecule has 3 aromatic carbocycles. The van der Waals surface area contributed by atoms with Crippen LogP contribution in [-0.4, -0.2) is 14.8 Å². The molecule has 0 saturated heterocycles. The normalized spacial score (nSPS) is 11.0. The Balaban J connectivity index is 1.50. The van der Waals surface area contributed by atoms with E-state index in [4.69, 9.17) is 16.3 Å². The molecule has 0 fully saturated rings. The number of fused-ring (bicyclic) bond motifs is 1. The maximum Gasteiger partial charge on any atom is 0.191 e. The summed E-state index contributed by atoms with van der Waals surface area (Å²) in [5, 5.41) is 11.9. The van der Waals surface area contributed by atoms with Gasteiger partial charge in [-0.25, -0.2) is 4.39 Å². The topological polar surface area (TPSA) is 39.9 Å². The monoisotopic (exact) mass is 439 g/mol. The standard InChI is InChI=1S/C23H19ClFN3OS/c1-2-12-28-22(14-29-18-10-11-21(25)20(24)13-18)26-27-23(28)30-15-17-8-5-7-16-6-3-4-9-19(16)17/h2-11,13H,1,12,14-15H2. The number of nitrogens with zero attached hydrogens (tertiary/aromatic N) is 3. The highest BCUT2D eigenvalue weighted by Crippen LogP contribution is 2.27. The molecule has 0 aliphatic rings. The SMILES string of the molecule is C=CCn1c(COc2ccc(F)c(Cl)c2)nnc1SCc1cccc2ccccc12. The van der Waals surface area contributed by atoms with E-state index >= 15 is 0 Å². The van der Waals surface area contributed by atoms with Crippen molar-refractivity contribution in [1.29, 1.82) is 0 Å². The Bertz CT molecular complexity index is 1190. The number of aromatic nitrogens is 3. The molecule has 1 heterocycles. The lowest BCUT2D eigenvalue weighted by Gasteiger charge is -2.10. The minimum absolute atomic E-state index is 0.0198. The molecule has 4 nitrogen and oxygen atoms in total. The summed E-state index contributed by atoms with van der Waals surface area (Å²) in [5.41, 5.74) is 1.24. The predicted molar refractivity (Wildman–Crippen MR) is 119 cm³/mol. The van der Waals surface area contributed by atoms with E-state index in [1.165, 1.54) is 34.5 Å². The van der Waals surface area contributed by atoms with Gasteiger partial charge in [0.1, 0.15) is 18.2 Å². The van der Waals surface area contributed by atoms with Gasteiger partial charge >= 0.3 is 0 Å². The van der Waals surface area contributed by atoms with Gasteiger partial charge in [0.15, 0.2) is 11.0 Å². The molecule has 0 N–H and O–H groups in total. The molecule has 30 heavy (non-hydrogen) atoms. The van der Waals surface area contributed by atoms with Gasteiger partial charge < -0.3 is 4.74 Å². The van der Waals surface area contributed by atoms with Gasteiger partial charge in [0.25, 0.3) is 0 Å². The van der Waals surface area contributed by atoms with E-state index in [-0.39, 0.29) is 11.6 Å². The summed E-state index contributed by atoms with van der Waals surface area (Å²) in [5.74, 6) is 1.42. The van der Waals surface area contributed by atoms with E-state index in [2.05, 4.69) is 47.1 Å². The smallest absolute Gasteiger partial charge is 0.191 e. The highest BCUT2D eigenvalue weighted by Gasteiger charge is 2.14. The van der Waals surface area contributed by atoms with Gasteiger partial charge in [-0.1, -0.05) is 71.9 Å².